The van der Waals surface area contributed by atoms with Gasteiger partial charge in [-0.25, -0.2) is 4.39 Å². The van der Waals surface area contributed by atoms with Gasteiger partial charge in [-0.1, -0.05) is 16.8 Å². The Labute approximate surface area is 195 Å². The first kappa shape index (κ1) is 21.4. The molecule has 32 heavy (non-hydrogen) atoms. The number of hydrogen-bond acceptors (Lipinski definition) is 5. The molecule has 0 atom stereocenters. The Morgan fingerprint density at radius 1 is 1.00 bits per heavy atom. The molecule has 2 aromatic heterocycles. The summed E-state index contributed by atoms with van der Waals surface area (Å²) in [4.78, 5) is 0. The van der Waals surface area contributed by atoms with Crippen LogP contribution in [0, 0.1) is 5.82 Å². The Bertz CT molecular complexity index is 1280. The molecule has 166 valence electrons. The normalized spacial score (nSPS) is 20.3. The van der Waals surface area contributed by atoms with E-state index in [0.29, 0.717) is 24.0 Å². The van der Waals surface area contributed by atoms with Gasteiger partial charge in [-0.05, 0) is 61.6 Å². The molecule has 9 heteroatoms. The molecule has 2 aromatic carbocycles. The van der Waals surface area contributed by atoms with E-state index in [9.17, 15) is 4.39 Å². The number of nitrogens with one attached hydrogen (secondary N) is 1. The Balaban J connectivity index is 0.00000216. The summed E-state index contributed by atoms with van der Waals surface area (Å²) in [5.74, 6) is 2.29. The molecule has 6 nitrogen and oxygen atoms in total. The van der Waals surface area contributed by atoms with E-state index in [1.54, 1.807) is 6.07 Å². The van der Waals surface area contributed by atoms with Crippen LogP contribution in [-0.2, 0) is 13.1 Å². The molecule has 0 bridgehead atoms. The van der Waals surface area contributed by atoms with E-state index in [1.165, 1.54) is 12.1 Å². The van der Waals surface area contributed by atoms with Crippen molar-refractivity contribution in [3.63, 3.8) is 0 Å². The predicted octanol–water partition coefficient (Wildman–Crippen LogP) is 5.67. The maximum atomic E-state index is 13.5. The van der Waals surface area contributed by atoms with Gasteiger partial charge in [0.2, 0.25) is 0 Å². The first-order valence-electron chi connectivity index (χ1n) is 10.7. The van der Waals surface area contributed by atoms with Crippen LogP contribution in [0.5, 0.6) is 0 Å². The minimum absolute atomic E-state index is 0. The van der Waals surface area contributed by atoms with Gasteiger partial charge in [0.15, 0.2) is 11.4 Å². The second-order valence-electron chi connectivity index (χ2n) is 8.44. The molecule has 3 heterocycles. The number of rotatable bonds is 2. The maximum Gasteiger partial charge on any atom is 0.170 e. The van der Waals surface area contributed by atoms with Crippen LogP contribution in [0.2, 0.25) is 5.02 Å². The van der Waals surface area contributed by atoms with E-state index in [4.69, 9.17) is 16.1 Å². The van der Waals surface area contributed by atoms with Crippen molar-refractivity contribution in [1.82, 2.24) is 25.2 Å². The standard InChI is InChI=1S/C23H21ClFN5O.ClH/c24-16-5-8-19-15(9-16)11-26-12-21-27-28-23(30(19)21)14-3-1-13(2-4-14)22-18-7-6-17(25)10-20(18)31-29-22;/h5-10,13-14,26H,1-4,11-12H2;1H. The van der Waals surface area contributed by atoms with Crippen molar-refractivity contribution in [2.45, 2.75) is 50.6 Å². The highest BCUT2D eigenvalue weighted by Gasteiger charge is 2.31. The fraction of sp³-hybridized carbons (Fsp3) is 0.348. The molecule has 0 saturated heterocycles. The Morgan fingerprint density at radius 3 is 2.66 bits per heavy atom. The van der Waals surface area contributed by atoms with Gasteiger partial charge in [0.25, 0.3) is 0 Å². The van der Waals surface area contributed by atoms with Crippen molar-refractivity contribution >= 4 is 35.0 Å². The van der Waals surface area contributed by atoms with Crippen molar-refractivity contribution in [3.8, 4) is 5.69 Å². The summed E-state index contributed by atoms with van der Waals surface area (Å²) in [6.07, 6.45) is 3.96. The van der Waals surface area contributed by atoms with Crippen molar-refractivity contribution in [2.75, 3.05) is 0 Å². The SMILES string of the molecule is Cl.Fc1ccc2c(C3CCC(c4nnc5n4-c4ccc(Cl)cc4CNC5)CC3)noc2c1. The average Bonchev–Trinajstić information content (AvgIpc) is 3.34. The lowest BCUT2D eigenvalue weighted by molar-refractivity contribution is 0.360. The van der Waals surface area contributed by atoms with Gasteiger partial charge in [0, 0.05) is 34.9 Å². The third-order valence-electron chi connectivity index (χ3n) is 6.58. The van der Waals surface area contributed by atoms with Crippen LogP contribution in [0.25, 0.3) is 16.7 Å². The summed E-state index contributed by atoms with van der Waals surface area (Å²) in [5.41, 5.74) is 3.72. The summed E-state index contributed by atoms with van der Waals surface area (Å²) in [6, 6.07) is 10.6. The second kappa shape index (κ2) is 8.46. The zero-order chi connectivity index (χ0) is 20.9. The van der Waals surface area contributed by atoms with Crippen LogP contribution in [-0.4, -0.2) is 19.9 Å². The molecule has 1 fully saturated rings. The fourth-order valence-corrected chi connectivity index (χ4v) is 5.24. The first-order chi connectivity index (χ1) is 15.2. The largest absolute Gasteiger partial charge is 0.356 e. The molecule has 0 spiro atoms. The molecule has 1 aliphatic heterocycles. The second-order valence-corrected chi connectivity index (χ2v) is 8.88. The van der Waals surface area contributed by atoms with Gasteiger partial charge in [-0.2, -0.15) is 0 Å². The molecule has 1 aliphatic carbocycles. The number of benzene rings is 2. The summed E-state index contributed by atoms with van der Waals surface area (Å²) < 4.78 is 21.1. The smallest absolute Gasteiger partial charge is 0.170 e. The van der Waals surface area contributed by atoms with Gasteiger partial charge < -0.3 is 9.84 Å². The molecule has 1 N–H and O–H groups in total. The van der Waals surface area contributed by atoms with E-state index >= 15 is 0 Å². The molecule has 6 rings (SSSR count). The van der Waals surface area contributed by atoms with E-state index < -0.39 is 0 Å². The third kappa shape index (κ3) is 3.58. The summed E-state index contributed by atoms with van der Waals surface area (Å²) >= 11 is 6.23. The number of hydrogen-bond donors (Lipinski definition) is 1. The maximum absolute atomic E-state index is 13.5. The van der Waals surface area contributed by atoms with Crippen LogP contribution in [0.1, 0.15) is 60.4 Å². The van der Waals surface area contributed by atoms with Gasteiger partial charge >= 0.3 is 0 Å². The van der Waals surface area contributed by atoms with Gasteiger partial charge in [0.05, 0.1) is 17.9 Å². The van der Waals surface area contributed by atoms with E-state index in [-0.39, 0.29) is 18.2 Å². The fourth-order valence-electron chi connectivity index (χ4n) is 5.04. The predicted molar refractivity (Wildman–Crippen MR) is 122 cm³/mol. The van der Waals surface area contributed by atoms with Crippen LogP contribution in [0.4, 0.5) is 4.39 Å². The van der Waals surface area contributed by atoms with Crippen molar-refractivity contribution in [2.24, 2.45) is 0 Å². The summed E-state index contributed by atoms with van der Waals surface area (Å²) in [7, 11) is 0. The number of halogens is 3. The molecule has 0 radical (unpaired) electrons. The van der Waals surface area contributed by atoms with Crippen LogP contribution >= 0.6 is 24.0 Å². The Morgan fingerprint density at radius 2 is 1.81 bits per heavy atom. The molecule has 4 aromatic rings. The van der Waals surface area contributed by atoms with Gasteiger partial charge in [0.1, 0.15) is 11.6 Å². The van der Waals surface area contributed by atoms with Crippen molar-refractivity contribution in [1.29, 1.82) is 0 Å². The quantitative estimate of drug-likeness (QED) is 0.406. The van der Waals surface area contributed by atoms with Crippen LogP contribution < -0.4 is 5.32 Å². The van der Waals surface area contributed by atoms with Gasteiger partial charge in [-0.15, -0.1) is 22.6 Å². The summed E-state index contributed by atoms with van der Waals surface area (Å²) in [6.45, 7) is 1.43. The van der Waals surface area contributed by atoms with Crippen molar-refractivity contribution < 1.29 is 8.91 Å². The number of fused-ring (bicyclic) bond motifs is 4. The van der Waals surface area contributed by atoms with E-state index in [2.05, 4.69) is 31.3 Å². The minimum atomic E-state index is -0.303. The molecular formula is C23H22Cl2FN5O. The summed E-state index contributed by atoms with van der Waals surface area (Å²) in [5, 5.41) is 18.4. The lowest BCUT2D eigenvalue weighted by Crippen LogP contribution is -2.17. The van der Waals surface area contributed by atoms with Crippen LogP contribution in [0.3, 0.4) is 0 Å². The zero-order valence-electron chi connectivity index (χ0n) is 17.2. The minimum Gasteiger partial charge on any atom is -0.356 e. The monoisotopic (exact) mass is 473 g/mol. The molecule has 0 unspecified atom stereocenters. The van der Waals surface area contributed by atoms with E-state index in [0.717, 1.165) is 71.2 Å². The average molecular weight is 474 g/mol. The highest BCUT2D eigenvalue weighted by molar-refractivity contribution is 6.30. The molecule has 1 saturated carbocycles. The first-order valence-corrected chi connectivity index (χ1v) is 11.0. The molecule has 0 amide bonds. The van der Waals surface area contributed by atoms with Gasteiger partial charge in [-0.3, -0.25) is 4.57 Å². The molecular weight excluding hydrogens is 452 g/mol. The highest BCUT2D eigenvalue weighted by atomic mass is 35.5. The third-order valence-corrected chi connectivity index (χ3v) is 6.81. The lowest BCUT2D eigenvalue weighted by Gasteiger charge is -2.27. The molecule has 2 aliphatic rings. The zero-order valence-corrected chi connectivity index (χ0v) is 18.8. The lowest BCUT2D eigenvalue weighted by atomic mass is 9.79. The Kier molecular flexibility index (Phi) is 5.65. The topological polar surface area (TPSA) is 68.8 Å². The number of nitrogens with zero attached hydrogens (tertiary/aromatic N) is 4. The highest BCUT2D eigenvalue weighted by Crippen LogP contribution is 2.42. The van der Waals surface area contributed by atoms with Crippen molar-refractivity contribution in [3.05, 3.63) is 70.1 Å². The van der Waals surface area contributed by atoms with Crippen LogP contribution in [0.15, 0.2) is 40.9 Å². The number of aromatic nitrogens is 4. The van der Waals surface area contributed by atoms with E-state index in [1.807, 2.05) is 12.1 Å². The Hall–Kier alpha value is -2.48.